The normalized spacial score (nSPS) is 12.0. The minimum atomic E-state index is -0.418. The molecule has 24 heavy (non-hydrogen) atoms. The highest BCUT2D eigenvalue weighted by molar-refractivity contribution is 7.99. The number of hydrogen-bond acceptors (Lipinski definition) is 3. The zero-order chi connectivity index (χ0) is 17.5. The third-order valence-corrected chi connectivity index (χ3v) is 5.01. The molecular formula is C18H19ClFNO2S. The van der Waals surface area contributed by atoms with E-state index in [-0.39, 0.29) is 23.5 Å². The Kier molecular flexibility index (Phi) is 6.94. The Morgan fingerprint density at radius 2 is 2.00 bits per heavy atom. The zero-order valence-corrected chi connectivity index (χ0v) is 14.8. The largest absolute Gasteiger partial charge is 0.508 e. The van der Waals surface area contributed by atoms with Gasteiger partial charge in [-0.2, -0.15) is 0 Å². The molecule has 0 aromatic heterocycles. The molecule has 0 fully saturated rings. The van der Waals surface area contributed by atoms with E-state index in [4.69, 9.17) is 11.6 Å². The molecule has 2 N–H and O–H groups in total. The van der Waals surface area contributed by atoms with Gasteiger partial charge in [0.1, 0.15) is 11.6 Å². The first-order chi connectivity index (χ1) is 11.5. The van der Waals surface area contributed by atoms with Crippen molar-refractivity contribution in [2.24, 2.45) is 0 Å². The molecule has 3 nitrogen and oxygen atoms in total. The second-order valence-corrected chi connectivity index (χ2v) is 7.36. The topological polar surface area (TPSA) is 49.3 Å². The molecule has 0 saturated heterocycles. The predicted octanol–water partition coefficient (Wildman–Crippen LogP) is 4.76. The van der Waals surface area contributed by atoms with E-state index in [1.165, 1.54) is 12.1 Å². The van der Waals surface area contributed by atoms with Crippen LogP contribution >= 0.6 is 23.4 Å². The summed E-state index contributed by atoms with van der Waals surface area (Å²) in [5, 5.41) is 12.5. The van der Waals surface area contributed by atoms with Gasteiger partial charge >= 0.3 is 0 Å². The Labute approximate surface area is 150 Å². The number of amides is 1. The number of phenolic OH excluding ortho intramolecular Hbond substituents is 1. The maximum Gasteiger partial charge on any atom is 0.220 e. The van der Waals surface area contributed by atoms with Crippen LogP contribution in [0, 0.1) is 5.82 Å². The minimum Gasteiger partial charge on any atom is -0.508 e. The van der Waals surface area contributed by atoms with Crippen LogP contribution < -0.4 is 5.32 Å². The molecule has 0 heterocycles. The molecule has 0 bridgehead atoms. The summed E-state index contributed by atoms with van der Waals surface area (Å²) < 4.78 is 13.6. The van der Waals surface area contributed by atoms with Crippen LogP contribution in [0.5, 0.6) is 5.75 Å². The van der Waals surface area contributed by atoms with Gasteiger partial charge in [-0.25, -0.2) is 4.39 Å². The van der Waals surface area contributed by atoms with Crippen molar-refractivity contribution in [2.45, 2.75) is 36.5 Å². The second-order valence-electron chi connectivity index (χ2n) is 5.44. The van der Waals surface area contributed by atoms with Gasteiger partial charge in [0.25, 0.3) is 0 Å². The summed E-state index contributed by atoms with van der Waals surface area (Å²) in [6, 6.07) is 11.4. The van der Waals surface area contributed by atoms with Gasteiger partial charge in [-0.1, -0.05) is 24.6 Å². The molecule has 1 unspecified atom stereocenters. The average Bonchev–Trinajstić information content (AvgIpc) is 2.54. The molecule has 6 heteroatoms. The molecular weight excluding hydrogens is 349 g/mol. The number of carbonyl (C=O) groups excluding carboxylic acids is 1. The van der Waals surface area contributed by atoms with Gasteiger partial charge in [-0.3, -0.25) is 4.79 Å². The highest BCUT2D eigenvalue weighted by Crippen LogP contribution is 2.27. The first-order valence-corrected chi connectivity index (χ1v) is 8.86. The Balaban J connectivity index is 1.75. The lowest BCUT2D eigenvalue weighted by atomic mass is 10.2. The van der Waals surface area contributed by atoms with E-state index in [1.54, 1.807) is 30.0 Å². The van der Waals surface area contributed by atoms with E-state index in [9.17, 15) is 14.3 Å². The fraction of sp³-hybridized carbons (Fsp3) is 0.278. The molecule has 0 aliphatic heterocycles. The van der Waals surface area contributed by atoms with Crippen LogP contribution in [0.3, 0.4) is 0 Å². The van der Waals surface area contributed by atoms with E-state index >= 15 is 0 Å². The van der Waals surface area contributed by atoms with E-state index in [2.05, 4.69) is 5.32 Å². The number of benzene rings is 2. The molecule has 1 atom stereocenters. The van der Waals surface area contributed by atoms with E-state index in [1.807, 2.05) is 19.1 Å². The van der Waals surface area contributed by atoms with Gasteiger partial charge < -0.3 is 10.4 Å². The number of nitrogens with one attached hydrogen (secondary N) is 1. The quantitative estimate of drug-likeness (QED) is 0.693. The zero-order valence-electron chi connectivity index (χ0n) is 13.3. The lowest BCUT2D eigenvalue weighted by Crippen LogP contribution is -2.24. The van der Waals surface area contributed by atoms with Crippen molar-refractivity contribution in [1.29, 1.82) is 0 Å². The molecule has 0 aliphatic carbocycles. The van der Waals surface area contributed by atoms with Crippen molar-refractivity contribution in [3.05, 3.63) is 58.9 Å². The Bertz CT molecular complexity index is 674. The van der Waals surface area contributed by atoms with E-state index < -0.39 is 5.82 Å². The molecule has 2 rings (SSSR count). The van der Waals surface area contributed by atoms with Crippen molar-refractivity contribution in [3.63, 3.8) is 0 Å². The third-order valence-electron chi connectivity index (χ3n) is 3.48. The predicted molar refractivity (Wildman–Crippen MR) is 95.9 cm³/mol. The maximum atomic E-state index is 13.6. The Morgan fingerprint density at radius 3 is 2.67 bits per heavy atom. The van der Waals surface area contributed by atoms with Crippen LogP contribution in [0.2, 0.25) is 5.02 Å². The van der Waals surface area contributed by atoms with Crippen LogP contribution in [-0.4, -0.2) is 16.3 Å². The number of halogens is 2. The highest BCUT2D eigenvalue weighted by atomic mass is 35.5. The maximum absolute atomic E-state index is 13.6. The third kappa shape index (κ3) is 5.73. The Hall–Kier alpha value is -1.72. The monoisotopic (exact) mass is 367 g/mol. The van der Waals surface area contributed by atoms with Crippen LogP contribution in [0.4, 0.5) is 4.39 Å². The van der Waals surface area contributed by atoms with Gasteiger partial charge in [-0.05, 0) is 42.8 Å². The molecule has 1 amide bonds. The number of aromatic hydroxyl groups is 1. The minimum absolute atomic E-state index is 0.0871. The van der Waals surface area contributed by atoms with Gasteiger partial charge in [0.15, 0.2) is 0 Å². The van der Waals surface area contributed by atoms with E-state index in [0.29, 0.717) is 23.4 Å². The molecule has 2 aromatic rings. The average molecular weight is 368 g/mol. The lowest BCUT2D eigenvalue weighted by molar-refractivity contribution is -0.121. The van der Waals surface area contributed by atoms with Crippen molar-refractivity contribution in [2.75, 3.05) is 0 Å². The highest BCUT2D eigenvalue weighted by Gasteiger charge is 2.11. The number of carbonyl (C=O) groups is 1. The summed E-state index contributed by atoms with van der Waals surface area (Å²) in [4.78, 5) is 13.0. The molecule has 0 radical (unpaired) electrons. The van der Waals surface area contributed by atoms with Crippen LogP contribution in [-0.2, 0) is 11.3 Å². The standard InChI is InChI=1S/C18H19ClFNO2S/c1-12(24-14-8-6-13(22)7-9-14)5-10-18(23)21-11-15-16(19)3-2-4-17(15)20/h2-4,6-9,12,22H,5,10-11H2,1H3,(H,21,23). The molecule has 0 saturated carbocycles. The fourth-order valence-corrected chi connectivity index (χ4v) is 3.35. The molecule has 0 aliphatic rings. The number of hydrogen-bond donors (Lipinski definition) is 2. The van der Waals surface area contributed by atoms with Gasteiger partial charge in [-0.15, -0.1) is 11.8 Å². The van der Waals surface area contributed by atoms with Crippen molar-refractivity contribution < 1.29 is 14.3 Å². The van der Waals surface area contributed by atoms with Crippen LogP contribution in [0.25, 0.3) is 0 Å². The van der Waals surface area contributed by atoms with Crippen molar-refractivity contribution in [1.82, 2.24) is 5.32 Å². The summed E-state index contributed by atoms with van der Waals surface area (Å²) in [5.74, 6) is -0.315. The van der Waals surface area contributed by atoms with Crippen LogP contribution in [0.1, 0.15) is 25.3 Å². The van der Waals surface area contributed by atoms with Crippen LogP contribution in [0.15, 0.2) is 47.4 Å². The fourth-order valence-electron chi connectivity index (χ4n) is 2.13. The molecule has 128 valence electrons. The number of thioether (sulfide) groups is 1. The summed E-state index contributed by atoms with van der Waals surface area (Å²) in [6.45, 7) is 2.13. The van der Waals surface area contributed by atoms with Gasteiger partial charge in [0.2, 0.25) is 5.91 Å². The molecule has 0 spiro atoms. The summed E-state index contributed by atoms with van der Waals surface area (Å²) >= 11 is 7.57. The summed E-state index contributed by atoms with van der Waals surface area (Å²) in [7, 11) is 0. The smallest absolute Gasteiger partial charge is 0.220 e. The number of rotatable bonds is 7. The van der Waals surface area contributed by atoms with Gasteiger partial charge in [0, 0.05) is 33.7 Å². The summed E-state index contributed by atoms with van der Waals surface area (Å²) in [5.41, 5.74) is 0.305. The van der Waals surface area contributed by atoms with E-state index in [0.717, 1.165) is 4.90 Å². The second kappa shape index (κ2) is 8.94. The van der Waals surface area contributed by atoms with Gasteiger partial charge in [0.05, 0.1) is 0 Å². The lowest BCUT2D eigenvalue weighted by Gasteiger charge is -2.12. The first-order valence-electron chi connectivity index (χ1n) is 7.61. The number of phenols is 1. The molecule has 2 aromatic carbocycles. The van der Waals surface area contributed by atoms with Crippen molar-refractivity contribution in [3.8, 4) is 5.75 Å². The van der Waals surface area contributed by atoms with Crippen molar-refractivity contribution >= 4 is 29.3 Å². The first kappa shape index (κ1) is 18.6. The Morgan fingerprint density at radius 1 is 1.29 bits per heavy atom. The SMILES string of the molecule is CC(CCC(=O)NCc1c(F)cccc1Cl)Sc1ccc(O)cc1. The summed E-state index contributed by atoms with van der Waals surface area (Å²) in [6.07, 6.45) is 1.06.